The molecule has 0 unspecified atom stereocenters. The predicted octanol–water partition coefficient (Wildman–Crippen LogP) is 5.21. The van der Waals surface area contributed by atoms with Gasteiger partial charge in [-0.25, -0.2) is 4.98 Å². The van der Waals surface area contributed by atoms with Gasteiger partial charge in [-0.15, -0.1) is 0 Å². The molecule has 0 spiro atoms. The van der Waals surface area contributed by atoms with E-state index in [4.69, 9.17) is 14.2 Å². The Balaban J connectivity index is 1.87. The lowest BCUT2D eigenvalue weighted by atomic mass is 9.95. The Labute approximate surface area is 190 Å². The molecule has 5 rings (SSSR count). The van der Waals surface area contributed by atoms with Crippen molar-refractivity contribution in [3.63, 3.8) is 0 Å². The second-order valence-electron chi connectivity index (χ2n) is 7.41. The number of hydrogen-bond donors (Lipinski definition) is 2. The Bertz CT molecular complexity index is 1500. The smallest absolute Gasteiger partial charge is 0.435 e. The number of benzene rings is 2. The van der Waals surface area contributed by atoms with Crippen molar-refractivity contribution in [2.45, 2.75) is 6.18 Å². The van der Waals surface area contributed by atoms with Gasteiger partial charge in [-0.1, -0.05) is 0 Å². The molecule has 0 bridgehead atoms. The summed E-state index contributed by atoms with van der Waals surface area (Å²) in [6.45, 7) is 0. The third kappa shape index (κ3) is 3.36. The summed E-state index contributed by atoms with van der Waals surface area (Å²) in [6, 6.07) is 8.57. The number of fused-ring (bicyclic) bond motifs is 3. The first-order valence-corrected chi connectivity index (χ1v) is 10.0. The number of rotatable bonds is 5. The number of nitrogens with one attached hydrogen (secondary N) is 2. The molecule has 0 amide bonds. The van der Waals surface area contributed by atoms with Gasteiger partial charge in [0, 0.05) is 17.0 Å². The van der Waals surface area contributed by atoms with E-state index in [1.165, 1.54) is 27.5 Å². The van der Waals surface area contributed by atoms with Gasteiger partial charge in [-0.2, -0.15) is 23.4 Å². The van der Waals surface area contributed by atoms with Crippen LogP contribution in [0.25, 0.3) is 44.2 Å². The van der Waals surface area contributed by atoms with Crippen molar-refractivity contribution in [3.8, 4) is 39.6 Å². The van der Waals surface area contributed by atoms with Gasteiger partial charge in [0.05, 0.1) is 49.8 Å². The highest BCUT2D eigenvalue weighted by Crippen LogP contribution is 2.45. The Morgan fingerprint density at radius 1 is 0.912 bits per heavy atom. The van der Waals surface area contributed by atoms with E-state index in [0.29, 0.717) is 39.3 Å². The fourth-order valence-corrected chi connectivity index (χ4v) is 4.06. The number of hydrogen-bond acceptors (Lipinski definition) is 6. The average Bonchev–Trinajstić information content (AvgIpc) is 3.52. The highest BCUT2D eigenvalue weighted by atomic mass is 19.4. The zero-order chi connectivity index (χ0) is 24.0. The van der Waals surface area contributed by atoms with Crippen LogP contribution in [0.2, 0.25) is 0 Å². The summed E-state index contributed by atoms with van der Waals surface area (Å²) >= 11 is 0. The predicted molar refractivity (Wildman–Crippen MR) is 119 cm³/mol. The first-order chi connectivity index (χ1) is 16.4. The van der Waals surface area contributed by atoms with E-state index in [1.54, 1.807) is 36.5 Å². The van der Waals surface area contributed by atoms with Gasteiger partial charge in [0.25, 0.3) is 0 Å². The van der Waals surface area contributed by atoms with Crippen molar-refractivity contribution in [2.75, 3.05) is 21.3 Å². The molecule has 0 aliphatic carbocycles. The van der Waals surface area contributed by atoms with Gasteiger partial charge in [0.15, 0.2) is 17.2 Å². The zero-order valence-corrected chi connectivity index (χ0v) is 18.2. The normalized spacial score (nSPS) is 11.8. The second kappa shape index (κ2) is 7.94. The standard InChI is InChI=1S/C23H18F3N5O3/c1-32-18-6-11(7-19(33-2)21(18)34-3)12-8-17(14-10-28-31-22(14)23(24,25)26)29-16-5-4-15-13(20(12)16)9-27-30-15/h4-10H,1-3H3,(H,27,30)(H,28,31). The van der Waals surface area contributed by atoms with Crippen LogP contribution in [0.3, 0.4) is 0 Å². The minimum atomic E-state index is -4.65. The highest BCUT2D eigenvalue weighted by Gasteiger charge is 2.37. The van der Waals surface area contributed by atoms with Crippen LogP contribution in [0.1, 0.15) is 5.69 Å². The van der Waals surface area contributed by atoms with Crippen LogP contribution in [-0.4, -0.2) is 46.7 Å². The number of ether oxygens (including phenoxy) is 3. The monoisotopic (exact) mass is 469 g/mol. The van der Waals surface area contributed by atoms with Gasteiger partial charge in [-0.3, -0.25) is 10.2 Å². The van der Waals surface area contributed by atoms with E-state index in [-0.39, 0.29) is 11.3 Å². The topological polar surface area (TPSA) is 97.9 Å². The van der Waals surface area contributed by atoms with Gasteiger partial charge in [0.1, 0.15) is 0 Å². The van der Waals surface area contributed by atoms with E-state index in [1.807, 2.05) is 0 Å². The van der Waals surface area contributed by atoms with E-state index in [0.717, 1.165) is 10.9 Å². The maximum absolute atomic E-state index is 13.6. The van der Waals surface area contributed by atoms with Crippen LogP contribution in [0, 0.1) is 0 Å². The van der Waals surface area contributed by atoms with E-state index >= 15 is 0 Å². The molecular weight excluding hydrogens is 451 g/mol. The number of aromatic nitrogens is 5. The lowest BCUT2D eigenvalue weighted by Crippen LogP contribution is -2.07. The summed E-state index contributed by atoms with van der Waals surface area (Å²) in [5, 5.41) is 14.2. The fourth-order valence-electron chi connectivity index (χ4n) is 4.06. The number of H-pyrrole nitrogens is 2. The van der Waals surface area contributed by atoms with E-state index in [9.17, 15) is 13.2 Å². The van der Waals surface area contributed by atoms with Crippen molar-refractivity contribution in [1.29, 1.82) is 0 Å². The van der Waals surface area contributed by atoms with Crippen molar-refractivity contribution < 1.29 is 27.4 Å². The van der Waals surface area contributed by atoms with Gasteiger partial charge in [0.2, 0.25) is 5.75 Å². The van der Waals surface area contributed by atoms with Crippen molar-refractivity contribution >= 4 is 21.8 Å². The molecule has 3 heterocycles. The molecule has 5 aromatic rings. The van der Waals surface area contributed by atoms with Gasteiger partial charge in [-0.05, 0) is 41.5 Å². The van der Waals surface area contributed by atoms with Crippen molar-refractivity contribution in [1.82, 2.24) is 25.4 Å². The van der Waals surface area contributed by atoms with Gasteiger partial charge < -0.3 is 14.2 Å². The lowest BCUT2D eigenvalue weighted by molar-refractivity contribution is -0.140. The Morgan fingerprint density at radius 3 is 2.29 bits per heavy atom. The van der Waals surface area contributed by atoms with Crippen LogP contribution in [0.15, 0.2) is 42.7 Å². The number of pyridine rings is 1. The lowest BCUT2D eigenvalue weighted by Gasteiger charge is -2.16. The minimum absolute atomic E-state index is 0.111. The molecule has 11 heteroatoms. The van der Waals surface area contributed by atoms with E-state index < -0.39 is 11.9 Å². The third-order valence-electron chi connectivity index (χ3n) is 5.55. The molecule has 0 aliphatic heterocycles. The maximum Gasteiger partial charge on any atom is 0.435 e. The van der Waals surface area contributed by atoms with Gasteiger partial charge >= 0.3 is 6.18 Å². The molecule has 0 radical (unpaired) electrons. The number of methoxy groups -OCH3 is 3. The van der Waals surface area contributed by atoms with Crippen LogP contribution >= 0.6 is 0 Å². The zero-order valence-electron chi connectivity index (χ0n) is 18.2. The molecular formula is C23H18F3N5O3. The molecule has 2 N–H and O–H groups in total. The maximum atomic E-state index is 13.6. The number of alkyl halides is 3. The minimum Gasteiger partial charge on any atom is -0.493 e. The SMILES string of the molecule is COc1cc(-c2cc(-c3c[nH]nc3C(F)(F)F)nc3ccc4[nH]ncc4c23)cc(OC)c1OC. The molecule has 0 aliphatic rings. The number of aromatic amines is 2. The van der Waals surface area contributed by atoms with Crippen LogP contribution in [0.4, 0.5) is 13.2 Å². The number of halogens is 3. The van der Waals surface area contributed by atoms with Crippen LogP contribution in [-0.2, 0) is 6.18 Å². The summed E-state index contributed by atoms with van der Waals surface area (Å²) < 4.78 is 57.1. The second-order valence-corrected chi connectivity index (χ2v) is 7.41. The van der Waals surface area contributed by atoms with Crippen LogP contribution in [0.5, 0.6) is 17.2 Å². The number of nitrogens with zero attached hydrogens (tertiary/aromatic N) is 3. The Kier molecular flexibility index (Phi) is 5.03. The largest absolute Gasteiger partial charge is 0.493 e. The molecule has 174 valence electrons. The summed E-state index contributed by atoms with van der Waals surface area (Å²) in [4.78, 5) is 4.54. The van der Waals surface area contributed by atoms with E-state index in [2.05, 4.69) is 25.4 Å². The fraction of sp³-hybridized carbons (Fsp3) is 0.174. The molecule has 0 saturated carbocycles. The van der Waals surface area contributed by atoms with Crippen molar-refractivity contribution in [3.05, 3.63) is 48.4 Å². The summed E-state index contributed by atoms with van der Waals surface area (Å²) in [5.74, 6) is 1.21. The van der Waals surface area contributed by atoms with Crippen molar-refractivity contribution in [2.24, 2.45) is 0 Å². The van der Waals surface area contributed by atoms with Crippen LogP contribution < -0.4 is 14.2 Å². The third-order valence-corrected chi connectivity index (χ3v) is 5.55. The summed E-state index contributed by atoms with van der Waals surface area (Å²) in [7, 11) is 4.48. The highest BCUT2D eigenvalue weighted by molar-refractivity contribution is 6.13. The Morgan fingerprint density at radius 2 is 1.65 bits per heavy atom. The summed E-state index contributed by atoms with van der Waals surface area (Å²) in [5.41, 5.74) is 1.41. The molecule has 3 aromatic heterocycles. The molecule has 8 nitrogen and oxygen atoms in total. The quantitative estimate of drug-likeness (QED) is 0.367. The first-order valence-electron chi connectivity index (χ1n) is 10.0. The molecule has 0 atom stereocenters. The molecule has 0 saturated heterocycles. The average molecular weight is 469 g/mol. The molecule has 34 heavy (non-hydrogen) atoms. The summed E-state index contributed by atoms with van der Waals surface area (Å²) in [6.07, 6.45) is -1.81. The molecule has 2 aromatic carbocycles. The first kappa shape index (κ1) is 21.6. The molecule has 0 fully saturated rings. The Hall–Kier alpha value is -4.28.